The average Bonchev–Trinajstić information content (AvgIpc) is 2.45. The summed E-state index contributed by atoms with van der Waals surface area (Å²) in [5, 5.41) is 17.9. The van der Waals surface area contributed by atoms with E-state index in [2.05, 4.69) is 0 Å². The molecule has 0 saturated heterocycles. The second-order valence-electron chi connectivity index (χ2n) is 5.24. The van der Waals surface area contributed by atoms with Crippen LogP contribution in [-0.2, 0) is 4.79 Å². The zero-order valence-corrected chi connectivity index (χ0v) is 12.2. The first-order valence-corrected chi connectivity index (χ1v) is 7.24. The molecule has 1 amide bonds. The molecule has 1 unspecified atom stereocenters. The van der Waals surface area contributed by atoms with Gasteiger partial charge in [-0.3, -0.25) is 4.79 Å². The average molecular weight is 288 g/mol. The van der Waals surface area contributed by atoms with Crippen LogP contribution in [-0.4, -0.2) is 41.2 Å². The van der Waals surface area contributed by atoms with E-state index in [1.54, 1.807) is 36.1 Å². The summed E-state index contributed by atoms with van der Waals surface area (Å²) < 4.78 is 5.64. The molecule has 0 aromatic heterocycles. The molecule has 2 rings (SSSR count). The molecule has 21 heavy (non-hydrogen) atoms. The lowest BCUT2D eigenvalue weighted by atomic mass is 9.91. The van der Waals surface area contributed by atoms with Gasteiger partial charge in [0.2, 0.25) is 0 Å². The minimum Gasteiger partial charge on any atom is -0.481 e. The molecule has 0 bridgehead atoms. The van der Waals surface area contributed by atoms with Crippen molar-refractivity contribution >= 4 is 5.91 Å². The van der Waals surface area contributed by atoms with Crippen LogP contribution in [0.1, 0.15) is 31.7 Å². The maximum absolute atomic E-state index is 12.4. The monoisotopic (exact) mass is 288 g/mol. The van der Waals surface area contributed by atoms with Crippen molar-refractivity contribution in [1.82, 2.24) is 4.90 Å². The fourth-order valence-electron chi connectivity index (χ4n) is 2.37. The summed E-state index contributed by atoms with van der Waals surface area (Å²) in [6, 6.07) is 8.95. The van der Waals surface area contributed by atoms with Crippen LogP contribution in [0.5, 0.6) is 5.75 Å². The fourth-order valence-corrected chi connectivity index (χ4v) is 2.37. The van der Waals surface area contributed by atoms with Crippen LogP contribution < -0.4 is 4.74 Å². The fraction of sp³-hybridized carbons (Fsp3) is 0.500. The van der Waals surface area contributed by atoms with Crippen LogP contribution in [0, 0.1) is 11.3 Å². The van der Waals surface area contributed by atoms with E-state index in [0.717, 1.165) is 19.3 Å². The molecule has 1 aromatic carbocycles. The van der Waals surface area contributed by atoms with Crippen LogP contribution in [0.4, 0.5) is 0 Å². The van der Waals surface area contributed by atoms with Crippen molar-refractivity contribution in [2.24, 2.45) is 0 Å². The number of ether oxygens (including phenoxy) is 1. The van der Waals surface area contributed by atoms with Gasteiger partial charge in [0.05, 0.1) is 18.2 Å². The normalized spacial score (nSPS) is 15.7. The summed E-state index contributed by atoms with van der Waals surface area (Å²) in [6.45, 7) is 2.03. The van der Waals surface area contributed by atoms with Gasteiger partial charge in [-0.1, -0.05) is 0 Å². The minimum atomic E-state index is -0.606. The quantitative estimate of drug-likeness (QED) is 0.864. The molecular formula is C16H20N2O3. The molecule has 1 aromatic rings. The first-order valence-electron chi connectivity index (χ1n) is 7.24. The summed E-state index contributed by atoms with van der Waals surface area (Å²) in [4.78, 5) is 14.2. The maximum atomic E-state index is 12.4. The van der Waals surface area contributed by atoms with E-state index >= 15 is 0 Å². The lowest BCUT2D eigenvalue weighted by Gasteiger charge is -2.38. The summed E-state index contributed by atoms with van der Waals surface area (Å²) in [5.74, 6) is 0.463. The number of nitrogens with zero attached hydrogens (tertiary/aromatic N) is 2. The Morgan fingerprint density at radius 3 is 2.62 bits per heavy atom. The zero-order valence-electron chi connectivity index (χ0n) is 12.2. The van der Waals surface area contributed by atoms with Gasteiger partial charge >= 0.3 is 0 Å². The van der Waals surface area contributed by atoms with E-state index < -0.39 is 6.10 Å². The van der Waals surface area contributed by atoms with Crippen LogP contribution in [0.25, 0.3) is 0 Å². The molecule has 1 saturated carbocycles. The Morgan fingerprint density at radius 2 is 2.14 bits per heavy atom. The van der Waals surface area contributed by atoms with Crippen molar-refractivity contribution < 1.29 is 14.6 Å². The van der Waals surface area contributed by atoms with E-state index in [9.17, 15) is 4.79 Å². The van der Waals surface area contributed by atoms with Crippen LogP contribution in [0.3, 0.4) is 0 Å². The summed E-state index contributed by atoms with van der Waals surface area (Å²) in [7, 11) is 0. The molecule has 1 N–H and O–H groups in total. The highest BCUT2D eigenvalue weighted by Crippen LogP contribution is 2.25. The van der Waals surface area contributed by atoms with Gasteiger partial charge in [0.25, 0.3) is 5.91 Å². The summed E-state index contributed by atoms with van der Waals surface area (Å²) in [5.41, 5.74) is 0.553. The van der Waals surface area contributed by atoms with E-state index in [-0.39, 0.29) is 18.6 Å². The molecular weight excluding hydrogens is 268 g/mol. The molecule has 5 heteroatoms. The number of rotatable bonds is 6. The third-order valence-corrected chi connectivity index (χ3v) is 3.78. The van der Waals surface area contributed by atoms with Crippen molar-refractivity contribution in [3.8, 4) is 11.8 Å². The van der Waals surface area contributed by atoms with E-state index in [1.165, 1.54) is 0 Å². The number of carbonyl (C=O) groups is 1. The van der Waals surface area contributed by atoms with Gasteiger partial charge in [-0.05, 0) is 50.5 Å². The highest BCUT2D eigenvalue weighted by Gasteiger charge is 2.31. The Labute approximate surface area is 124 Å². The Balaban J connectivity index is 1.98. The van der Waals surface area contributed by atoms with Crippen molar-refractivity contribution in [3.05, 3.63) is 29.8 Å². The molecule has 112 valence electrons. The first-order chi connectivity index (χ1) is 10.2. The van der Waals surface area contributed by atoms with E-state index in [1.807, 2.05) is 6.07 Å². The molecule has 0 heterocycles. The summed E-state index contributed by atoms with van der Waals surface area (Å²) in [6.07, 6.45) is 2.51. The molecule has 0 spiro atoms. The van der Waals surface area contributed by atoms with Gasteiger partial charge in [0.15, 0.2) is 6.10 Å². The molecule has 5 nitrogen and oxygen atoms in total. The van der Waals surface area contributed by atoms with Crippen LogP contribution in [0.15, 0.2) is 24.3 Å². The Hall–Kier alpha value is -2.06. The minimum absolute atomic E-state index is 0.0359. The second-order valence-corrected chi connectivity index (χ2v) is 5.24. The standard InChI is InChI=1S/C16H20N2O3/c1-12(21-15-7-5-13(11-17)6-8-15)16(20)18(9-10-19)14-3-2-4-14/h5-8,12,14,19H,2-4,9-10H2,1H3. The van der Waals surface area contributed by atoms with Gasteiger partial charge in [-0.2, -0.15) is 5.26 Å². The highest BCUT2D eigenvalue weighted by molar-refractivity contribution is 5.81. The molecule has 0 radical (unpaired) electrons. The van der Waals surface area contributed by atoms with Gasteiger partial charge in [0.1, 0.15) is 5.75 Å². The topological polar surface area (TPSA) is 73.6 Å². The second kappa shape index (κ2) is 7.09. The molecule has 1 fully saturated rings. The van der Waals surface area contributed by atoms with E-state index in [4.69, 9.17) is 15.1 Å². The van der Waals surface area contributed by atoms with Crippen molar-refractivity contribution in [2.75, 3.05) is 13.2 Å². The zero-order chi connectivity index (χ0) is 15.2. The molecule has 1 aliphatic rings. The molecule has 1 atom stereocenters. The first kappa shape index (κ1) is 15.3. The van der Waals surface area contributed by atoms with Gasteiger partial charge in [0, 0.05) is 12.6 Å². The predicted octanol–water partition coefficient (Wildman–Crippen LogP) is 1.70. The number of benzene rings is 1. The van der Waals surface area contributed by atoms with Crippen molar-refractivity contribution in [3.63, 3.8) is 0 Å². The van der Waals surface area contributed by atoms with Crippen LogP contribution in [0.2, 0.25) is 0 Å². The Morgan fingerprint density at radius 1 is 1.48 bits per heavy atom. The van der Waals surface area contributed by atoms with Crippen molar-refractivity contribution in [1.29, 1.82) is 5.26 Å². The third kappa shape index (κ3) is 3.73. The predicted molar refractivity (Wildman–Crippen MR) is 77.7 cm³/mol. The number of aliphatic hydroxyl groups is 1. The highest BCUT2D eigenvalue weighted by atomic mass is 16.5. The molecule has 0 aliphatic heterocycles. The summed E-state index contributed by atoms with van der Waals surface area (Å²) >= 11 is 0. The van der Waals surface area contributed by atoms with Gasteiger partial charge in [-0.15, -0.1) is 0 Å². The smallest absolute Gasteiger partial charge is 0.263 e. The number of aliphatic hydroxyl groups excluding tert-OH is 1. The van der Waals surface area contributed by atoms with Gasteiger partial charge < -0.3 is 14.7 Å². The number of hydrogen-bond donors (Lipinski definition) is 1. The number of nitriles is 1. The molecule has 1 aliphatic carbocycles. The third-order valence-electron chi connectivity index (χ3n) is 3.78. The number of hydrogen-bond acceptors (Lipinski definition) is 4. The lowest BCUT2D eigenvalue weighted by molar-refractivity contribution is -0.142. The Bertz CT molecular complexity index is 517. The Kier molecular flexibility index (Phi) is 5.18. The largest absolute Gasteiger partial charge is 0.481 e. The van der Waals surface area contributed by atoms with Gasteiger partial charge in [-0.25, -0.2) is 0 Å². The van der Waals surface area contributed by atoms with Crippen LogP contribution >= 0.6 is 0 Å². The SMILES string of the molecule is CC(Oc1ccc(C#N)cc1)C(=O)N(CCO)C1CCC1. The maximum Gasteiger partial charge on any atom is 0.263 e. The van der Waals surface area contributed by atoms with Crippen molar-refractivity contribution in [2.45, 2.75) is 38.3 Å². The number of carbonyl (C=O) groups excluding carboxylic acids is 1. The lowest BCUT2D eigenvalue weighted by Crippen LogP contribution is -2.50. The number of amides is 1. The van der Waals surface area contributed by atoms with E-state index in [0.29, 0.717) is 17.9 Å².